The largest absolute Gasteiger partial charge is 0.272 e. The molecule has 0 fully saturated rings. The fourth-order valence-corrected chi connectivity index (χ4v) is 4.45. The summed E-state index contributed by atoms with van der Waals surface area (Å²) in [5.41, 5.74) is 9.74. The molecule has 37 heavy (non-hydrogen) atoms. The SMILES string of the molecule is Cc1cccc2c(C(=O)NN=C(CCCCl)c3ccc(C(C)(C)C)cc3)cc(-c3ccc(Cl)cc3)nc12. The van der Waals surface area contributed by atoms with Gasteiger partial charge in [0.15, 0.2) is 0 Å². The molecule has 1 heterocycles. The van der Waals surface area contributed by atoms with Gasteiger partial charge in [0.05, 0.1) is 22.5 Å². The van der Waals surface area contributed by atoms with Crippen molar-refractivity contribution in [1.29, 1.82) is 0 Å². The van der Waals surface area contributed by atoms with Crippen LogP contribution in [0.25, 0.3) is 22.2 Å². The third-order valence-corrected chi connectivity index (χ3v) is 6.87. The van der Waals surface area contributed by atoms with Crippen LogP contribution in [0.5, 0.6) is 0 Å². The lowest BCUT2D eigenvalue weighted by atomic mass is 9.86. The van der Waals surface area contributed by atoms with Gasteiger partial charge in [-0.05, 0) is 60.1 Å². The molecular weight excluding hydrogens is 501 g/mol. The van der Waals surface area contributed by atoms with E-state index in [0.717, 1.165) is 39.7 Å². The summed E-state index contributed by atoms with van der Waals surface area (Å²) in [4.78, 5) is 18.4. The number of amides is 1. The van der Waals surface area contributed by atoms with Gasteiger partial charge in [0.2, 0.25) is 0 Å². The van der Waals surface area contributed by atoms with Gasteiger partial charge >= 0.3 is 0 Å². The summed E-state index contributed by atoms with van der Waals surface area (Å²) in [5.74, 6) is 0.231. The molecule has 1 aromatic heterocycles. The highest BCUT2D eigenvalue weighted by molar-refractivity contribution is 6.30. The van der Waals surface area contributed by atoms with Gasteiger partial charge in [-0.1, -0.05) is 87.0 Å². The van der Waals surface area contributed by atoms with E-state index in [2.05, 4.69) is 55.6 Å². The van der Waals surface area contributed by atoms with Gasteiger partial charge in [-0.2, -0.15) is 5.10 Å². The Morgan fingerprint density at radius 1 is 1.00 bits per heavy atom. The summed E-state index contributed by atoms with van der Waals surface area (Å²) in [7, 11) is 0. The Labute approximate surface area is 228 Å². The first kappa shape index (κ1) is 26.8. The van der Waals surface area contributed by atoms with E-state index in [9.17, 15) is 4.79 Å². The van der Waals surface area contributed by atoms with Crippen molar-refractivity contribution in [2.24, 2.45) is 5.10 Å². The number of para-hydroxylation sites is 1. The maximum Gasteiger partial charge on any atom is 0.272 e. The third kappa shape index (κ3) is 6.38. The maximum atomic E-state index is 13.5. The first-order valence-corrected chi connectivity index (χ1v) is 13.3. The minimum absolute atomic E-state index is 0.0581. The van der Waals surface area contributed by atoms with E-state index >= 15 is 0 Å². The molecule has 0 saturated carbocycles. The third-order valence-electron chi connectivity index (χ3n) is 6.35. The topological polar surface area (TPSA) is 54.4 Å². The number of hydrogen-bond donors (Lipinski definition) is 1. The molecule has 0 bridgehead atoms. The first-order chi connectivity index (χ1) is 17.7. The van der Waals surface area contributed by atoms with Crippen molar-refractivity contribution >= 4 is 45.7 Å². The Kier molecular flexibility index (Phi) is 8.31. The number of nitrogens with zero attached hydrogens (tertiary/aromatic N) is 2. The summed E-state index contributed by atoms with van der Waals surface area (Å²) < 4.78 is 0. The van der Waals surface area contributed by atoms with Crippen LogP contribution in [0.2, 0.25) is 5.02 Å². The molecule has 1 N–H and O–H groups in total. The van der Waals surface area contributed by atoms with E-state index in [1.807, 2.05) is 55.5 Å². The van der Waals surface area contributed by atoms with Crippen LogP contribution in [0, 0.1) is 6.92 Å². The molecule has 4 aromatic rings. The predicted octanol–water partition coefficient (Wildman–Crippen LogP) is 8.31. The molecule has 0 unspecified atom stereocenters. The number of carbonyl (C=O) groups excluding carboxylic acids is 1. The van der Waals surface area contributed by atoms with Crippen molar-refractivity contribution in [3.05, 3.63) is 100 Å². The molecule has 0 aliphatic carbocycles. The number of benzene rings is 3. The normalized spacial score (nSPS) is 12.1. The predicted molar refractivity (Wildman–Crippen MR) is 156 cm³/mol. The van der Waals surface area contributed by atoms with Crippen LogP contribution in [-0.2, 0) is 5.41 Å². The molecule has 0 aliphatic rings. The second kappa shape index (κ2) is 11.5. The molecule has 0 spiro atoms. The fourth-order valence-electron chi connectivity index (χ4n) is 4.19. The van der Waals surface area contributed by atoms with Gasteiger partial charge in [0.25, 0.3) is 5.91 Å². The van der Waals surface area contributed by atoms with Crippen molar-refractivity contribution in [2.45, 2.75) is 46.0 Å². The molecule has 0 aliphatic heterocycles. The van der Waals surface area contributed by atoms with E-state index < -0.39 is 0 Å². The zero-order chi connectivity index (χ0) is 26.6. The van der Waals surface area contributed by atoms with Gasteiger partial charge < -0.3 is 0 Å². The number of aryl methyl sites for hydroxylation is 1. The molecule has 4 rings (SSSR count). The fraction of sp³-hybridized carbons (Fsp3) is 0.258. The number of pyridine rings is 1. The Bertz CT molecular complexity index is 1440. The molecule has 0 atom stereocenters. The van der Waals surface area contributed by atoms with Crippen LogP contribution in [0.4, 0.5) is 0 Å². The van der Waals surface area contributed by atoms with E-state index in [1.54, 1.807) is 0 Å². The zero-order valence-electron chi connectivity index (χ0n) is 21.6. The average molecular weight is 533 g/mol. The molecule has 0 saturated heterocycles. The Morgan fingerprint density at radius 3 is 2.35 bits per heavy atom. The van der Waals surface area contributed by atoms with Crippen LogP contribution >= 0.6 is 23.2 Å². The number of fused-ring (bicyclic) bond motifs is 1. The van der Waals surface area contributed by atoms with E-state index in [-0.39, 0.29) is 11.3 Å². The molecule has 190 valence electrons. The minimum Gasteiger partial charge on any atom is -0.267 e. The molecule has 0 radical (unpaired) electrons. The first-order valence-electron chi connectivity index (χ1n) is 12.4. The van der Waals surface area contributed by atoms with Crippen molar-refractivity contribution in [3.63, 3.8) is 0 Å². The number of aromatic nitrogens is 1. The Morgan fingerprint density at radius 2 is 1.70 bits per heavy atom. The maximum absolute atomic E-state index is 13.5. The lowest BCUT2D eigenvalue weighted by Gasteiger charge is -2.19. The number of nitrogens with one attached hydrogen (secondary N) is 1. The number of halogens is 2. The van der Waals surface area contributed by atoms with Gasteiger partial charge in [0, 0.05) is 21.9 Å². The molecule has 4 nitrogen and oxygen atoms in total. The van der Waals surface area contributed by atoms with Crippen LogP contribution in [0.3, 0.4) is 0 Å². The van der Waals surface area contributed by atoms with Gasteiger partial charge in [-0.25, -0.2) is 10.4 Å². The average Bonchev–Trinajstić information content (AvgIpc) is 2.88. The zero-order valence-corrected chi connectivity index (χ0v) is 23.1. The highest BCUT2D eigenvalue weighted by atomic mass is 35.5. The molecule has 1 amide bonds. The van der Waals surface area contributed by atoms with Crippen molar-refractivity contribution in [1.82, 2.24) is 10.4 Å². The number of hydrogen-bond acceptors (Lipinski definition) is 3. The summed E-state index contributed by atoms with van der Waals surface area (Å²) >= 11 is 12.1. The van der Waals surface area contributed by atoms with E-state index in [4.69, 9.17) is 28.2 Å². The Hall–Kier alpha value is -3.21. The second-order valence-electron chi connectivity index (χ2n) is 10.2. The summed E-state index contributed by atoms with van der Waals surface area (Å²) in [5, 5.41) is 5.99. The summed E-state index contributed by atoms with van der Waals surface area (Å²) in [6, 6.07) is 23.4. The second-order valence-corrected chi connectivity index (χ2v) is 11.0. The van der Waals surface area contributed by atoms with Crippen molar-refractivity contribution in [2.75, 3.05) is 5.88 Å². The number of hydrazone groups is 1. The summed E-state index contributed by atoms with van der Waals surface area (Å²) in [6.45, 7) is 8.55. The number of rotatable bonds is 7. The molecule has 6 heteroatoms. The van der Waals surface area contributed by atoms with Gasteiger partial charge in [0.1, 0.15) is 0 Å². The summed E-state index contributed by atoms with van der Waals surface area (Å²) in [6.07, 6.45) is 1.42. The number of carbonyl (C=O) groups is 1. The van der Waals surface area contributed by atoms with E-state index in [1.165, 1.54) is 5.56 Å². The van der Waals surface area contributed by atoms with Gasteiger partial charge in [-0.15, -0.1) is 11.6 Å². The lowest BCUT2D eigenvalue weighted by Crippen LogP contribution is -2.21. The van der Waals surface area contributed by atoms with E-state index in [0.29, 0.717) is 28.6 Å². The lowest BCUT2D eigenvalue weighted by molar-refractivity contribution is 0.0956. The highest BCUT2D eigenvalue weighted by Gasteiger charge is 2.17. The standard InChI is InChI=1S/C31H31Cl2N3O/c1-20-7-5-8-25-26(19-28(34-29(20)25)22-12-16-24(33)17-13-22)30(37)36-35-27(9-6-18-32)21-10-14-23(15-11-21)31(2,3)4/h5,7-8,10-17,19H,6,9,18H2,1-4H3,(H,36,37). The van der Waals surface area contributed by atoms with Crippen LogP contribution in [-0.4, -0.2) is 22.5 Å². The highest BCUT2D eigenvalue weighted by Crippen LogP contribution is 2.28. The van der Waals surface area contributed by atoms with Crippen LogP contribution in [0.1, 0.15) is 60.7 Å². The molecule has 3 aromatic carbocycles. The smallest absolute Gasteiger partial charge is 0.267 e. The number of alkyl halides is 1. The molecular formula is C31H31Cl2N3O. The van der Waals surface area contributed by atoms with Crippen molar-refractivity contribution in [3.8, 4) is 11.3 Å². The quantitative estimate of drug-likeness (QED) is 0.148. The monoisotopic (exact) mass is 531 g/mol. The Balaban J connectivity index is 1.71. The van der Waals surface area contributed by atoms with Crippen molar-refractivity contribution < 1.29 is 4.79 Å². The van der Waals surface area contributed by atoms with Crippen LogP contribution in [0.15, 0.2) is 77.9 Å². The van der Waals surface area contributed by atoms with Gasteiger partial charge in [-0.3, -0.25) is 4.79 Å². The van der Waals surface area contributed by atoms with Crippen LogP contribution < -0.4 is 5.43 Å². The minimum atomic E-state index is -0.289.